The number of nitrogens with zero attached hydrogens (tertiary/aromatic N) is 6. The van der Waals surface area contributed by atoms with E-state index in [0.29, 0.717) is 33.6 Å². The molecule has 33 heavy (non-hydrogen) atoms. The molecule has 1 aromatic heterocycles. The minimum Gasteiger partial charge on any atom is -0.497 e. The van der Waals surface area contributed by atoms with Gasteiger partial charge in [0.25, 0.3) is 11.8 Å². The van der Waals surface area contributed by atoms with E-state index in [4.69, 9.17) is 25.6 Å². The molecule has 12 heteroatoms. The van der Waals surface area contributed by atoms with E-state index in [1.807, 2.05) is 0 Å². The molecule has 0 unspecified atom stereocenters. The highest BCUT2D eigenvalue weighted by Crippen LogP contribution is 2.36. The van der Waals surface area contributed by atoms with E-state index in [9.17, 15) is 9.59 Å². The van der Waals surface area contributed by atoms with Crippen LogP contribution in [0.2, 0.25) is 5.02 Å². The van der Waals surface area contributed by atoms with Crippen molar-refractivity contribution in [2.45, 2.75) is 18.6 Å². The number of halogens is 1. The fourth-order valence-corrected chi connectivity index (χ4v) is 3.92. The summed E-state index contributed by atoms with van der Waals surface area (Å²) in [4.78, 5) is 31.6. The molecular weight excluding hydrogens is 452 g/mol. The zero-order valence-electron chi connectivity index (χ0n) is 17.5. The number of imide groups is 1. The number of rotatable bonds is 6. The van der Waals surface area contributed by atoms with Crippen LogP contribution in [-0.2, 0) is 16.1 Å². The maximum absolute atomic E-state index is 13.2. The summed E-state index contributed by atoms with van der Waals surface area (Å²) >= 11 is 6.02. The van der Waals surface area contributed by atoms with Gasteiger partial charge in [-0.2, -0.15) is 10.1 Å². The molecule has 2 amide bonds. The number of amides is 2. The third kappa shape index (κ3) is 3.65. The first kappa shape index (κ1) is 20.9. The molecule has 11 nitrogen and oxygen atoms in total. The zero-order valence-corrected chi connectivity index (χ0v) is 18.3. The topological polar surface area (TPSA) is 123 Å². The van der Waals surface area contributed by atoms with Crippen LogP contribution in [0.3, 0.4) is 0 Å². The molecule has 0 saturated carbocycles. The number of methoxy groups -OCH3 is 2. The van der Waals surface area contributed by atoms with Crippen LogP contribution in [0.5, 0.6) is 11.5 Å². The fraction of sp³-hybridized carbons (Fsp3) is 0.238. The molecule has 2 aromatic carbocycles. The third-order valence-electron chi connectivity index (χ3n) is 5.30. The van der Waals surface area contributed by atoms with Crippen molar-refractivity contribution in [1.82, 2.24) is 15.1 Å². The van der Waals surface area contributed by atoms with Crippen molar-refractivity contribution in [2.75, 3.05) is 19.1 Å². The number of benzene rings is 2. The Hall–Kier alpha value is -3.99. The molecule has 1 fully saturated rings. The first-order valence-corrected chi connectivity index (χ1v) is 10.2. The van der Waals surface area contributed by atoms with E-state index in [1.165, 1.54) is 19.2 Å². The lowest BCUT2D eigenvalue weighted by Gasteiger charge is -2.20. The smallest absolute Gasteiger partial charge is 0.263 e. The predicted molar refractivity (Wildman–Crippen MR) is 115 cm³/mol. The van der Waals surface area contributed by atoms with Crippen LogP contribution >= 0.6 is 11.6 Å². The Morgan fingerprint density at radius 2 is 1.82 bits per heavy atom. The number of hydrogen-bond acceptors (Lipinski definition) is 10. The summed E-state index contributed by atoms with van der Waals surface area (Å²) in [5.74, 6) is 0.488. The molecule has 5 rings (SSSR count). The molecule has 0 aliphatic carbocycles. The van der Waals surface area contributed by atoms with Crippen LogP contribution in [0.1, 0.15) is 5.89 Å². The van der Waals surface area contributed by atoms with Crippen molar-refractivity contribution < 1.29 is 23.6 Å². The number of carbonyl (C=O) groups is 2. The summed E-state index contributed by atoms with van der Waals surface area (Å²) in [7, 11) is 2.97. The molecule has 168 valence electrons. The number of anilines is 1. The monoisotopic (exact) mass is 468 g/mol. The molecule has 2 aliphatic heterocycles. The number of fused-ring (bicyclic) bond motifs is 1. The van der Waals surface area contributed by atoms with Gasteiger partial charge in [0.15, 0.2) is 12.1 Å². The van der Waals surface area contributed by atoms with Gasteiger partial charge in [-0.05, 0) is 12.1 Å². The highest BCUT2D eigenvalue weighted by atomic mass is 35.5. The van der Waals surface area contributed by atoms with Crippen LogP contribution in [0, 0.1) is 0 Å². The summed E-state index contributed by atoms with van der Waals surface area (Å²) in [6.07, 6.45) is 0. The van der Waals surface area contributed by atoms with Gasteiger partial charge in [-0.25, -0.2) is 4.90 Å². The molecule has 2 aliphatic rings. The number of ether oxygens (including phenoxy) is 2. The molecule has 3 aromatic rings. The van der Waals surface area contributed by atoms with Crippen LogP contribution < -0.4 is 14.4 Å². The SMILES string of the molecule is COc1cc(OC)cc(N2C(=O)[C@@H]3[C@@H](N=NN3Cc3nc(-c4cccc(Cl)c4)no3)C2=O)c1. The van der Waals surface area contributed by atoms with Crippen molar-refractivity contribution in [3.05, 3.63) is 53.4 Å². The highest BCUT2D eigenvalue weighted by molar-refractivity contribution is 6.30. The highest BCUT2D eigenvalue weighted by Gasteiger charge is 2.55. The van der Waals surface area contributed by atoms with Crippen molar-refractivity contribution in [2.24, 2.45) is 10.3 Å². The van der Waals surface area contributed by atoms with Gasteiger partial charge in [0.2, 0.25) is 11.7 Å². The summed E-state index contributed by atoms with van der Waals surface area (Å²) < 4.78 is 15.8. The Labute approximate surface area is 192 Å². The lowest BCUT2D eigenvalue weighted by atomic mass is 10.1. The van der Waals surface area contributed by atoms with Crippen LogP contribution in [-0.4, -0.2) is 53.3 Å². The van der Waals surface area contributed by atoms with Crippen LogP contribution in [0.15, 0.2) is 57.3 Å². The fourth-order valence-electron chi connectivity index (χ4n) is 3.73. The number of carbonyl (C=O) groups excluding carboxylic acids is 2. The molecule has 3 heterocycles. The van der Waals surface area contributed by atoms with Crippen molar-refractivity contribution in [3.63, 3.8) is 0 Å². The lowest BCUT2D eigenvalue weighted by Crippen LogP contribution is -2.39. The summed E-state index contributed by atoms with van der Waals surface area (Å²) in [5.41, 5.74) is 1.01. The first-order valence-electron chi connectivity index (χ1n) is 9.85. The van der Waals surface area contributed by atoms with Crippen LogP contribution in [0.4, 0.5) is 5.69 Å². The molecule has 0 bridgehead atoms. The largest absolute Gasteiger partial charge is 0.497 e. The summed E-state index contributed by atoms with van der Waals surface area (Å²) in [5, 5.41) is 13.9. The second-order valence-electron chi connectivity index (χ2n) is 7.30. The van der Waals surface area contributed by atoms with Gasteiger partial charge < -0.3 is 14.0 Å². The van der Waals surface area contributed by atoms with Gasteiger partial charge in [-0.15, -0.1) is 0 Å². The van der Waals surface area contributed by atoms with Gasteiger partial charge >= 0.3 is 0 Å². The predicted octanol–water partition coefficient (Wildman–Crippen LogP) is 2.90. The van der Waals surface area contributed by atoms with Gasteiger partial charge in [0, 0.05) is 28.8 Å². The maximum Gasteiger partial charge on any atom is 0.263 e. The molecule has 0 N–H and O–H groups in total. The average Bonchev–Trinajstić information content (AvgIpc) is 3.51. The Bertz CT molecular complexity index is 1260. The van der Waals surface area contributed by atoms with E-state index in [1.54, 1.807) is 42.5 Å². The minimum absolute atomic E-state index is 0.00647. The van der Waals surface area contributed by atoms with Crippen LogP contribution in [0.25, 0.3) is 11.4 Å². The molecule has 0 spiro atoms. The van der Waals surface area contributed by atoms with Gasteiger partial charge in [0.1, 0.15) is 18.0 Å². The zero-order chi connectivity index (χ0) is 23.1. The quantitative estimate of drug-likeness (QED) is 0.506. The Kier molecular flexibility index (Phi) is 5.17. The van der Waals surface area contributed by atoms with Gasteiger partial charge in [0.05, 0.1) is 19.9 Å². The summed E-state index contributed by atoms with van der Waals surface area (Å²) in [6.45, 7) is 0.00647. The van der Waals surface area contributed by atoms with Gasteiger partial charge in [-0.1, -0.05) is 34.1 Å². The van der Waals surface area contributed by atoms with Crippen molar-refractivity contribution in [3.8, 4) is 22.9 Å². The van der Waals surface area contributed by atoms with E-state index < -0.39 is 23.9 Å². The number of hydrogen-bond donors (Lipinski definition) is 0. The molecule has 1 saturated heterocycles. The lowest BCUT2D eigenvalue weighted by molar-refractivity contribution is -0.123. The Morgan fingerprint density at radius 1 is 1.06 bits per heavy atom. The maximum atomic E-state index is 13.2. The van der Waals surface area contributed by atoms with Crippen molar-refractivity contribution in [1.29, 1.82) is 0 Å². The second kappa shape index (κ2) is 8.17. The van der Waals surface area contributed by atoms with E-state index >= 15 is 0 Å². The average molecular weight is 469 g/mol. The minimum atomic E-state index is -0.968. The third-order valence-corrected chi connectivity index (χ3v) is 5.54. The molecule has 0 radical (unpaired) electrons. The first-order chi connectivity index (χ1) is 16.0. The van der Waals surface area contributed by atoms with E-state index in [0.717, 1.165) is 4.90 Å². The normalized spacial score (nSPS) is 19.4. The van der Waals surface area contributed by atoms with Gasteiger partial charge in [-0.3, -0.25) is 14.6 Å². The van der Waals surface area contributed by atoms with E-state index in [2.05, 4.69) is 20.5 Å². The molecule has 2 atom stereocenters. The Balaban J connectivity index is 1.38. The Morgan fingerprint density at radius 3 is 2.52 bits per heavy atom. The molecular formula is C21H17ClN6O5. The van der Waals surface area contributed by atoms with Crippen molar-refractivity contribution >= 4 is 29.1 Å². The standard InChI is InChI=1S/C21H17ClN6O5/c1-31-14-7-13(8-15(9-14)32-2)28-20(29)17-18(21(28)30)27(26-24-17)10-16-23-19(25-33-16)11-4-3-5-12(22)6-11/h3-9,17-18H,10H2,1-2H3/t17-,18+/m1/s1. The summed E-state index contributed by atoms with van der Waals surface area (Å²) in [6, 6.07) is 9.94. The van der Waals surface area contributed by atoms with E-state index in [-0.39, 0.29) is 12.4 Å². The number of aromatic nitrogens is 2. The second-order valence-corrected chi connectivity index (χ2v) is 7.73.